The van der Waals surface area contributed by atoms with Crippen LogP contribution >= 0.6 is 11.8 Å². The number of anilines is 1. The predicted molar refractivity (Wildman–Crippen MR) is 81.3 cm³/mol. The third kappa shape index (κ3) is 2.29. The van der Waals surface area contributed by atoms with E-state index >= 15 is 0 Å². The number of furan rings is 1. The van der Waals surface area contributed by atoms with E-state index in [1.807, 2.05) is 30.3 Å². The van der Waals surface area contributed by atoms with Crippen molar-refractivity contribution in [1.82, 2.24) is 24.6 Å². The Hall–Kier alpha value is -2.87. The van der Waals surface area contributed by atoms with Crippen molar-refractivity contribution >= 4 is 23.5 Å². The summed E-state index contributed by atoms with van der Waals surface area (Å²) in [5, 5.41) is 4.78. The molecule has 0 radical (unpaired) electrons. The SMILES string of the molecule is Nc1nc(Sc2ccccc2)nc2nc(-c3ccco3)nn12. The molecule has 108 valence electrons. The molecule has 7 nitrogen and oxygen atoms in total. The first-order chi connectivity index (χ1) is 10.8. The smallest absolute Gasteiger partial charge is 0.258 e. The first kappa shape index (κ1) is 12.8. The Bertz CT molecular complexity index is 919. The molecule has 0 unspecified atom stereocenters. The number of aromatic nitrogens is 5. The van der Waals surface area contributed by atoms with Crippen molar-refractivity contribution in [2.45, 2.75) is 10.1 Å². The van der Waals surface area contributed by atoms with Crippen molar-refractivity contribution < 1.29 is 4.42 Å². The molecule has 0 aliphatic heterocycles. The summed E-state index contributed by atoms with van der Waals surface area (Å²) in [5.74, 6) is 1.60. The van der Waals surface area contributed by atoms with E-state index in [9.17, 15) is 0 Å². The van der Waals surface area contributed by atoms with E-state index in [4.69, 9.17) is 10.2 Å². The summed E-state index contributed by atoms with van der Waals surface area (Å²) in [6, 6.07) is 13.4. The van der Waals surface area contributed by atoms with Gasteiger partial charge < -0.3 is 10.2 Å². The first-order valence-electron chi connectivity index (χ1n) is 6.47. The van der Waals surface area contributed by atoms with Crippen LogP contribution in [-0.4, -0.2) is 24.6 Å². The molecule has 8 heteroatoms. The van der Waals surface area contributed by atoms with Gasteiger partial charge in [-0.25, -0.2) is 0 Å². The number of nitrogen functional groups attached to an aromatic ring is 1. The van der Waals surface area contributed by atoms with E-state index in [1.165, 1.54) is 16.3 Å². The molecule has 0 saturated carbocycles. The van der Waals surface area contributed by atoms with Gasteiger partial charge in [-0.1, -0.05) is 18.2 Å². The number of hydrogen-bond acceptors (Lipinski definition) is 7. The van der Waals surface area contributed by atoms with Crippen LogP contribution in [0.5, 0.6) is 0 Å². The summed E-state index contributed by atoms with van der Waals surface area (Å²) in [6.07, 6.45) is 1.56. The van der Waals surface area contributed by atoms with E-state index in [0.717, 1.165) is 4.90 Å². The van der Waals surface area contributed by atoms with Gasteiger partial charge in [0.2, 0.25) is 11.8 Å². The number of rotatable bonds is 3. The fraction of sp³-hybridized carbons (Fsp3) is 0. The molecule has 0 saturated heterocycles. The van der Waals surface area contributed by atoms with Gasteiger partial charge in [0.15, 0.2) is 10.9 Å². The molecular weight excluding hydrogens is 300 g/mol. The van der Waals surface area contributed by atoms with Crippen molar-refractivity contribution in [1.29, 1.82) is 0 Å². The monoisotopic (exact) mass is 310 g/mol. The maximum absolute atomic E-state index is 5.94. The highest BCUT2D eigenvalue weighted by Gasteiger charge is 2.14. The lowest BCUT2D eigenvalue weighted by Crippen LogP contribution is -2.05. The van der Waals surface area contributed by atoms with Gasteiger partial charge in [0, 0.05) is 4.90 Å². The molecule has 0 atom stereocenters. The van der Waals surface area contributed by atoms with E-state index in [0.29, 0.717) is 22.5 Å². The molecule has 0 aliphatic rings. The summed E-state index contributed by atoms with van der Waals surface area (Å²) >= 11 is 1.42. The highest BCUT2D eigenvalue weighted by atomic mass is 32.2. The first-order valence-corrected chi connectivity index (χ1v) is 7.28. The molecule has 1 aromatic carbocycles. The maximum Gasteiger partial charge on any atom is 0.258 e. The standard InChI is InChI=1S/C14H10N6OS/c15-12-17-14(22-9-5-2-1-3-6-9)18-13-16-11(19-20(12)13)10-7-4-8-21-10/h1-8H,(H2,15,16,17,18,19). The van der Waals surface area contributed by atoms with Crippen LogP contribution in [0.3, 0.4) is 0 Å². The van der Waals surface area contributed by atoms with Crippen molar-refractivity contribution in [3.8, 4) is 11.6 Å². The minimum atomic E-state index is 0.230. The van der Waals surface area contributed by atoms with Crippen LogP contribution in [0, 0.1) is 0 Å². The largest absolute Gasteiger partial charge is 0.461 e. The summed E-state index contributed by atoms with van der Waals surface area (Å²) < 4.78 is 6.68. The molecule has 0 spiro atoms. The fourth-order valence-corrected chi connectivity index (χ4v) is 2.71. The lowest BCUT2D eigenvalue weighted by Gasteiger charge is -2.01. The zero-order valence-electron chi connectivity index (χ0n) is 11.2. The average molecular weight is 310 g/mol. The molecular formula is C14H10N6OS. The van der Waals surface area contributed by atoms with Crippen LogP contribution in [0.15, 0.2) is 63.2 Å². The second-order valence-electron chi connectivity index (χ2n) is 4.40. The Kier molecular flexibility index (Phi) is 3.01. The van der Waals surface area contributed by atoms with Gasteiger partial charge >= 0.3 is 0 Å². The molecule has 4 aromatic rings. The van der Waals surface area contributed by atoms with Crippen LogP contribution in [0.25, 0.3) is 17.4 Å². The third-order valence-corrected chi connectivity index (χ3v) is 3.78. The topological polar surface area (TPSA) is 95.1 Å². The number of benzene rings is 1. The highest BCUT2D eigenvalue weighted by Crippen LogP contribution is 2.25. The Morgan fingerprint density at radius 3 is 2.64 bits per heavy atom. The Labute approximate surface area is 129 Å². The van der Waals surface area contributed by atoms with Gasteiger partial charge in [0.05, 0.1) is 6.26 Å². The zero-order valence-corrected chi connectivity index (χ0v) is 12.1. The van der Waals surface area contributed by atoms with E-state index < -0.39 is 0 Å². The zero-order chi connectivity index (χ0) is 14.9. The van der Waals surface area contributed by atoms with Crippen molar-refractivity contribution in [3.63, 3.8) is 0 Å². The minimum absolute atomic E-state index is 0.230. The Morgan fingerprint density at radius 1 is 1.00 bits per heavy atom. The van der Waals surface area contributed by atoms with Crippen LogP contribution < -0.4 is 5.73 Å². The predicted octanol–water partition coefficient (Wildman–Crippen LogP) is 2.51. The fourth-order valence-electron chi connectivity index (χ4n) is 1.94. The van der Waals surface area contributed by atoms with Gasteiger partial charge in [-0.3, -0.25) is 0 Å². The second-order valence-corrected chi connectivity index (χ2v) is 5.44. The average Bonchev–Trinajstić information content (AvgIpc) is 3.17. The van der Waals surface area contributed by atoms with Gasteiger partial charge in [-0.05, 0) is 36.0 Å². The normalized spacial score (nSPS) is 11.1. The highest BCUT2D eigenvalue weighted by molar-refractivity contribution is 7.99. The minimum Gasteiger partial charge on any atom is -0.461 e. The lowest BCUT2D eigenvalue weighted by molar-refractivity contribution is 0.577. The lowest BCUT2D eigenvalue weighted by atomic mass is 10.4. The summed E-state index contributed by atoms with van der Waals surface area (Å²) in [4.78, 5) is 14.0. The molecule has 22 heavy (non-hydrogen) atoms. The number of nitrogens with two attached hydrogens (primary N) is 1. The van der Waals surface area contributed by atoms with Crippen LogP contribution in [-0.2, 0) is 0 Å². The molecule has 0 aliphatic carbocycles. The number of hydrogen-bond donors (Lipinski definition) is 1. The summed E-state index contributed by atoms with van der Waals surface area (Å²) in [6.45, 7) is 0. The van der Waals surface area contributed by atoms with Crippen LogP contribution in [0.4, 0.5) is 5.95 Å². The third-order valence-electron chi connectivity index (χ3n) is 2.91. The maximum atomic E-state index is 5.94. The van der Waals surface area contributed by atoms with E-state index in [1.54, 1.807) is 18.4 Å². The van der Waals surface area contributed by atoms with Crippen LogP contribution in [0.2, 0.25) is 0 Å². The summed E-state index contributed by atoms with van der Waals surface area (Å²) in [7, 11) is 0. The van der Waals surface area contributed by atoms with Gasteiger partial charge in [-0.2, -0.15) is 19.5 Å². The number of fused-ring (bicyclic) bond motifs is 1. The Balaban J connectivity index is 1.76. The summed E-state index contributed by atoms with van der Waals surface area (Å²) in [5.41, 5.74) is 5.94. The molecule has 0 fully saturated rings. The van der Waals surface area contributed by atoms with Gasteiger partial charge in [-0.15, -0.1) is 5.10 Å². The molecule has 3 aromatic heterocycles. The van der Waals surface area contributed by atoms with Crippen molar-refractivity contribution in [2.24, 2.45) is 0 Å². The number of nitrogens with zero attached hydrogens (tertiary/aromatic N) is 5. The Morgan fingerprint density at radius 2 is 1.86 bits per heavy atom. The van der Waals surface area contributed by atoms with E-state index in [2.05, 4.69) is 20.1 Å². The van der Waals surface area contributed by atoms with Gasteiger partial charge in [0.25, 0.3) is 5.78 Å². The molecule has 2 N–H and O–H groups in total. The molecule has 0 amide bonds. The molecule has 4 rings (SSSR count). The van der Waals surface area contributed by atoms with Gasteiger partial charge in [0.1, 0.15) is 0 Å². The molecule has 0 bridgehead atoms. The quantitative estimate of drug-likeness (QED) is 0.621. The van der Waals surface area contributed by atoms with Crippen molar-refractivity contribution in [2.75, 3.05) is 5.73 Å². The second kappa shape index (κ2) is 5.15. The van der Waals surface area contributed by atoms with Crippen LogP contribution in [0.1, 0.15) is 0 Å². The van der Waals surface area contributed by atoms with E-state index in [-0.39, 0.29) is 5.95 Å². The van der Waals surface area contributed by atoms with Crippen molar-refractivity contribution in [3.05, 3.63) is 48.7 Å². The molecule has 3 heterocycles.